The summed E-state index contributed by atoms with van der Waals surface area (Å²) in [7, 11) is 0. The minimum Gasteiger partial charge on any atom is -0.452 e. The maximum Gasteiger partial charge on any atom is 0.341 e. The monoisotopic (exact) mass is 350 g/mol. The van der Waals surface area contributed by atoms with Gasteiger partial charge in [0.25, 0.3) is 5.91 Å². The summed E-state index contributed by atoms with van der Waals surface area (Å²) in [5.41, 5.74) is 0.140. The van der Waals surface area contributed by atoms with Gasteiger partial charge < -0.3 is 10.1 Å². The maximum absolute atomic E-state index is 11.8. The number of thioether (sulfide) groups is 1. The van der Waals surface area contributed by atoms with Gasteiger partial charge in [-0.25, -0.2) is 9.78 Å². The van der Waals surface area contributed by atoms with Gasteiger partial charge >= 0.3 is 5.97 Å². The van der Waals surface area contributed by atoms with Crippen LogP contribution in [0.2, 0.25) is 5.15 Å². The number of pyridine rings is 1. The van der Waals surface area contributed by atoms with Crippen LogP contribution in [-0.2, 0) is 9.53 Å². The second kappa shape index (κ2) is 9.17. The first-order chi connectivity index (χ1) is 11.2. The molecule has 0 aliphatic heterocycles. The minimum absolute atomic E-state index is 0.0529. The molecular weight excluding hydrogens is 336 g/mol. The lowest BCUT2D eigenvalue weighted by atomic mass is 10.3. The number of benzene rings is 1. The summed E-state index contributed by atoms with van der Waals surface area (Å²) in [6.45, 7) is 0.143. The molecule has 0 saturated carbocycles. The Morgan fingerprint density at radius 2 is 1.96 bits per heavy atom. The zero-order valence-electron chi connectivity index (χ0n) is 12.2. The van der Waals surface area contributed by atoms with E-state index in [0.717, 1.165) is 10.6 Å². The van der Waals surface area contributed by atoms with Gasteiger partial charge in [0.1, 0.15) is 5.15 Å². The van der Waals surface area contributed by atoms with Crippen LogP contribution < -0.4 is 5.32 Å². The predicted molar refractivity (Wildman–Crippen MR) is 89.7 cm³/mol. The number of hydrogen-bond donors (Lipinski definition) is 1. The molecule has 1 aromatic heterocycles. The Hall–Kier alpha value is -2.05. The highest BCUT2D eigenvalue weighted by Crippen LogP contribution is 2.15. The molecule has 1 amide bonds. The molecule has 0 aliphatic carbocycles. The van der Waals surface area contributed by atoms with Gasteiger partial charge in [-0.3, -0.25) is 4.79 Å². The van der Waals surface area contributed by atoms with Crippen molar-refractivity contribution < 1.29 is 14.3 Å². The van der Waals surface area contributed by atoms with Crippen LogP contribution in [0, 0.1) is 0 Å². The van der Waals surface area contributed by atoms with Crippen molar-refractivity contribution in [3.63, 3.8) is 0 Å². The number of esters is 1. The number of aromatic nitrogens is 1. The summed E-state index contributed by atoms with van der Waals surface area (Å²) in [5.74, 6) is -0.290. The van der Waals surface area contributed by atoms with Gasteiger partial charge in [-0.2, -0.15) is 0 Å². The van der Waals surface area contributed by atoms with E-state index in [-0.39, 0.29) is 23.2 Å². The molecule has 0 radical (unpaired) electrons. The van der Waals surface area contributed by atoms with E-state index in [9.17, 15) is 9.59 Å². The van der Waals surface area contributed by atoms with E-state index in [0.29, 0.717) is 6.54 Å². The van der Waals surface area contributed by atoms with Crippen LogP contribution in [0.4, 0.5) is 0 Å². The predicted octanol–water partition coefficient (Wildman–Crippen LogP) is 2.80. The van der Waals surface area contributed by atoms with Gasteiger partial charge in [-0.1, -0.05) is 29.8 Å². The molecule has 5 nitrogen and oxygen atoms in total. The minimum atomic E-state index is -0.670. The zero-order valence-corrected chi connectivity index (χ0v) is 13.8. The summed E-state index contributed by atoms with van der Waals surface area (Å²) in [6.07, 6.45) is 1.47. The normalized spacial score (nSPS) is 10.1. The number of nitrogens with one attached hydrogen (secondary N) is 1. The van der Waals surface area contributed by atoms with Crippen molar-refractivity contribution in [2.45, 2.75) is 4.90 Å². The van der Waals surface area contributed by atoms with Crippen molar-refractivity contribution in [2.75, 3.05) is 18.9 Å². The number of hydrogen-bond acceptors (Lipinski definition) is 5. The molecule has 2 rings (SSSR count). The molecule has 2 aromatic rings. The summed E-state index contributed by atoms with van der Waals surface area (Å²) >= 11 is 7.42. The van der Waals surface area contributed by atoms with E-state index in [2.05, 4.69) is 10.3 Å². The average molecular weight is 351 g/mol. The van der Waals surface area contributed by atoms with E-state index < -0.39 is 5.97 Å². The molecule has 0 atom stereocenters. The van der Waals surface area contributed by atoms with Crippen LogP contribution >= 0.6 is 23.4 Å². The van der Waals surface area contributed by atoms with E-state index in [1.807, 2.05) is 30.3 Å². The third-order valence-corrected chi connectivity index (χ3v) is 4.06. The van der Waals surface area contributed by atoms with Crippen molar-refractivity contribution in [1.29, 1.82) is 0 Å². The second-order valence-corrected chi connectivity index (χ2v) is 5.96. The van der Waals surface area contributed by atoms with Crippen LogP contribution in [0.5, 0.6) is 0 Å². The number of rotatable bonds is 7. The maximum atomic E-state index is 11.8. The van der Waals surface area contributed by atoms with Crippen LogP contribution in [0.15, 0.2) is 53.6 Å². The molecule has 0 aliphatic rings. The molecule has 7 heteroatoms. The molecule has 0 bridgehead atoms. The standard InChI is InChI=1S/C16H15ClN2O3S/c17-15-13(7-4-8-19-15)16(21)22-11-14(20)18-9-10-23-12-5-2-1-3-6-12/h1-8H,9-11H2,(H,18,20). The summed E-state index contributed by atoms with van der Waals surface area (Å²) in [6, 6.07) is 13.0. The highest BCUT2D eigenvalue weighted by atomic mass is 35.5. The molecule has 1 aromatic carbocycles. The summed E-state index contributed by atoms with van der Waals surface area (Å²) in [4.78, 5) is 28.3. The Bertz CT molecular complexity index is 667. The Balaban J connectivity index is 1.65. The number of carbonyl (C=O) groups is 2. The Kier molecular flexibility index (Phi) is 6.90. The van der Waals surface area contributed by atoms with Gasteiger partial charge in [-0.15, -0.1) is 11.8 Å². The fourth-order valence-electron chi connectivity index (χ4n) is 1.67. The third-order valence-electron chi connectivity index (χ3n) is 2.75. The van der Waals surface area contributed by atoms with Gasteiger partial charge in [0, 0.05) is 23.4 Å². The van der Waals surface area contributed by atoms with E-state index in [1.54, 1.807) is 17.8 Å². The van der Waals surface area contributed by atoms with Gasteiger partial charge in [0.15, 0.2) is 6.61 Å². The topological polar surface area (TPSA) is 68.3 Å². The first-order valence-electron chi connectivity index (χ1n) is 6.89. The SMILES string of the molecule is O=C(COC(=O)c1cccnc1Cl)NCCSc1ccccc1. The molecule has 1 N–H and O–H groups in total. The van der Waals surface area contributed by atoms with Crippen LogP contribution in [0.3, 0.4) is 0 Å². The van der Waals surface area contributed by atoms with Crippen molar-refractivity contribution in [2.24, 2.45) is 0 Å². The molecule has 1 heterocycles. The van der Waals surface area contributed by atoms with E-state index in [4.69, 9.17) is 16.3 Å². The highest BCUT2D eigenvalue weighted by Gasteiger charge is 2.13. The number of halogens is 1. The first-order valence-corrected chi connectivity index (χ1v) is 8.25. The molecule has 0 unspecified atom stereocenters. The molecule has 0 saturated heterocycles. The van der Waals surface area contributed by atoms with Crippen molar-refractivity contribution in [3.8, 4) is 0 Å². The summed E-state index contributed by atoms with van der Waals surface area (Å²) in [5, 5.41) is 2.74. The fourth-order valence-corrected chi connectivity index (χ4v) is 2.66. The number of ether oxygens (including phenoxy) is 1. The Labute approximate surface area is 143 Å². The van der Waals surface area contributed by atoms with Gasteiger partial charge in [-0.05, 0) is 24.3 Å². The summed E-state index contributed by atoms with van der Waals surface area (Å²) < 4.78 is 4.90. The van der Waals surface area contributed by atoms with Crippen LogP contribution in [0.25, 0.3) is 0 Å². The quantitative estimate of drug-likeness (QED) is 0.360. The van der Waals surface area contributed by atoms with Crippen molar-refractivity contribution >= 4 is 35.2 Å². The lowest BCUT2D eigenvalue weighted by Crippen LogP contribution is -2.30. The van der Waals surface area contributed by atoms with Gasteiger partial charge in [0.05, 0.1) is 5.56 Å². The number of carbonyl (C=O) groups excluding carboxylic acids is 2. The Morgan fingerprint density at radius 3 is 2.70 bits per heavy atom. The average Bonchev–Trinajstić information content (AvgIpc) is 2.58. The largest absolute Gasteiger partial charge is 0.452 e. The molecular formula is C16H15ClN2O3S. The lowest BCUT2D eigenvalue weighted by molar-refractivity contribution is -0.124. The number of nitrogens with zero attached hydrogens (tertiary/aromatic N) is 1. The zero-order chi connectivity index (χ0) is 16.5. The third kappa shape index (κ3) is 5.92. The molecule has 0 spiro atoms. The second-order valence-electron chi connectivity index (χ2n) is 4.43. The lowest BCUT2D eigenvalue weighted by Gasteiger charge is -2.07. The van der Waals surface area contributed by atoms with Crippen molar-refractivity contribution in [1.82, 2.24) is 10.3 Å². The van der Waals surface area contributed by atoms with Crippen LogP contribution in [0.1, 0.15) is 10.4 Å². The number of amides is 1. The highest BCUT2D eigenvalue weighted by molar-refractivity contribution is 7.99. The Morgan fingerprint density at radius 1 is 1.17 bits per heavy atom. The smallest absolute Gasteiger partial charge is 0.341 e. The molecule has 120 valence electrons. The fraction of sp³-hybridized carbons (Fsp3) is 0.188. The van der Waals surface area contributed by atoms with Crippen LogP contribution in [-0.4, -0.2) is 35.8 Å². The molecule has 23 heavy (non-hydrogen) atoms. The van der Waals surface area contributed by atoms with E-state index in [1.165, 1.54) is 12.3 Å². The van der Waals surface area contributed by atoms with Gasteiger partial charge in [0.2, 0.25) is 0 Å². The van der Waals surface area contributed by atoms with Crippen molar-refractivity contribution in [3.05, 3.63) is 59.4 Å². The van der Waals surface area contributed by atoms with E-state index >= 15 is 0 Å². The molecule has 0 fully saturated rings. The first kappa shape index (κ1) is 17.3.